The molecule has 2 aromatic rings. The van der Waals surface area contributed by atoms with Crippen molar-refractivity contribution in [2.45, 2.75) is 6.42 Å². The number of allylic oxidation sites excluding steroid dienone is 1. The standard InChI is InChI=1S/C16H11NO5/c18-11-5-4-9(15(19)8-11)6-10-7-13-12(16(10)20)2-1-3-14(13)17(21)22/h1-6,8,18-19H,7H2/b10-6+. The summed E-state index contributed by atoms with van der Waals surface area (Å²) in [6, 6.07) is 8.44. The number of carbonyl (C=O) groups is 1. The molecular formula is C16H11NO5. The number of aromatic hydroxyl groups is 2. The summed E-state index contributed by atoms with van der Waals surface area (Å²) in [6.07, 6.45) is 1.63. The lowest BCUT2D eigenvalue weighted by Gasteiger charge is -2.01. The number of benzene rings is 2. The lowest BCUT2D eigenvalue weighted by Crippen LogP contribution is -1.96. The predicted molar refractivity (Wildman–Crippen MR) is 78.9 cm³/mol. The average molecular weight is 297 g/mol. The van der Waals surface area contributed by atoms with E-state index in [0.717, 1.165) is 0 Å². The fourth-order valence-electron chi connectivity index (χ4n) is 2.55. The van der Waals surface area contributed by atoms with Crippen LogP contribution in [0.25, 0.3) is 6.08 Å². The molecule has 1 aliphatic carbocycles. The Labute approximate surface area is 125 Å². The van der Waals surface area contributed by atoms with Crippen molar-refractivity contribution in [3.63, 3.8) is 0 Å². The van der Waals surface area contributed by atoms with E-state index in [1.54, 1.807) is 6.07 Å². The van der Waals surface area contributed by atoms with E-state index >= 15 is 0 Å². The van der Waals surface area contributed by atoms with Crippen molar-refractivity contribution in [2.24, 2.45) is 0 Å². The second-order valence-corrected chi connectivity index (χ2v) is 4.98. The van der Waals surface area contributed by atoms with Crippen molar-refractivity contribution < 1.29 is 19.9 Å². The summed E-state index contributed by atoms with van der Waals surface area (Å²) in [6.45, 7) is 0. The van der Waals surface area contributed by atoms with Crippen molar-refractivity contribution >= 4 is 17.5 Å². The minimum Gasteiger partial charge on any atom is -0.508 e. The largest absolute Gasteiger partial charge is 0.508 e. The number of fused-ring (bicyclic) bond motifs is 1. The highest BCUT2D eigenvalue weighted by molar-refractivity contribution is 6.16. The Bertz CT molecular complexity index is 838. The van der Waals surface area contributed by atoms with E-state index in [1.807, 2.05) is 0 Å². The third-order valence-electron chi connectivity index (χ3n) is 3.60. The molecule has 0 saturated heterocycles. The molecule has 0 aromatic heterocycles. The van der Waals surface area contributed by atoms with Gasteiger partial charge in [0.2, 0.25) is 0 Å². The van der Waals surface area contributed by atoms with Gasteiger partial charge < -0.3 is 10.2 Å². The summed E-state index contributed by atoms with van der Waals surface area (Å²) in [5, 5.41) is 30.1. The first-order valence-corrected chi connectivity index (χ1v) is 6.51. The number of rotatable bonds is 2. The maximum Gasteiger partial charge on any atom is 0.273 e. The number of ketones is 1. The summed E-state index contributed by atoms with van der Waals surface area (Å²) in [5.74, 6) is -0.534. The van der Waals surface area contributed by atoms with Crippen LogP contribution in [0.5, 0.6) is 11.5 Å². The van der Waals surface area contributed by atoms with Crippen LogP contribution in [0, 0.1) is 10.1 Å². The predicted octanol–water partition coefficient (Wildman–Crippen LogP) is 2.83. The smallest absolute Gasteiger partial charge is 0.273 e. The van der Waals surface area contributed by atoms with Gasteiger partial charge in [0.25, 0.3) is 5.69 Å². The van der Waals surface area contributed by atoms with Gasteiger partial charge in [-0.05, 0) is 18.2 Å². The molecule has 0 saturated carbocycles. The monoisotopic (exact) mass is 297 g/mol. The van der Waals surface area contributed by atoms with Crippen LogP contribution < -0.4 is 0 Å². The highest BCUT2D eigenvalue weighted by Gasteiger charge is 2.31. The molecule has 0 heterocycles. The molecule has 22 heavy (non-hydrogen) atoms. The summed E-state index contributed by atoms with van der Waals surface area (Å²) in [7, 11) is 0. The molecule has 6 nitrogen and oxygen atoms in total. The Hall–Kier alpha value is -3.15. The van der Waals surface area contributed by atoms with Gasteiger partial charge >= 0.3 is 0 Å². The Kier molecular flexibility index (Phi) is 3.14. The fourth-order valence-corrected chi connectivity index (χ4v) is 2.55. The van der Waals surface area contributed by atoms with E-state index in [0.29, 0.717) is 22.3 Å². The van der Waals surface area contributed by atoms with Crippen molar-refractivity contribution in [1.82, 2.24) is 0 Å². The van der Waals surface area contributed by atoms with Gasteiger partial charge in [0.1, 0.15) is 11.5 Å². The van der Waals surface area contributed by atoms with Crippen LogP contribution >= 0.6 is 0 Å². The maximum atomic E-state index is 12.3. The van der Waals surface area contributed by atoms with Crippen molar-refractivity contribution in [2.75, 3.05) is 0 Å². The Morgan fingerprint density at radius 2 is 1.95 bits per heavy atom. The Morgan fingerprint density at radius 3 is 2.64 bits per heavy atom. The number of nitro groups is 1. The van der Waals surface area contributed by atoms with Crippen molar-refractivity contribution in [1.29, 1.82) is 0 Å². The number of Topliss-reactive ketones (excluding diaryl/α,β-unsaturated/α-hetero) is 1. The van der Waals surface area contributed by atoms with Gasteiger partial charge in [0.15, 0.2) is 5.78 Å². The van der Waals surface area contributed by atoms with Gasteiger partial charge in [0.05, 0.1) is 4.92 Å². The molecule has 0 unspecified atom stereocenters. The zero-order chi connectivity index (χ0) is 15.9. The number of nitrogens with zero attached hydrogens (tertiary/aromatic N) is 1. The van der Waals surface area contributed by atoms with Gasteiger partial charge in [-0.1, -0.05) is 12.1 Å². The molecule has 0 fully saturated rings. The van der Waals surface area contributed by atoms with E-state index in [4.69, 9.17) is 0 Å². The zero-order valence-electron chi connectivity index (χ0n) is 11.3. The second-order valence-electron chi connectivity index (χ2n) is 4.98. The highest BCUT2D eigenvalue weighted by Crippen LogP contribution is 2.35. The molecule has 6 heteroatoms. The number of phenolic OH excluding ortho intramolecular Hbond substituents is 2. The Morgan fingerprint density at radius 1 is 1.18 bits per heavy atom. The third-order valence-corrected chi connectivity index (χ3v) is 3.60. The first kappa shape index (κ1) is 13.8. The van der Waals surface area contributed by atoms with Gasteiger partial charge in [-0.25, -0.2) is 0 Å². The zero-order valence-corrected chi connectivity index (χ0v) is 11.3. The summed E-state index contributed by atoms with van der Waals surface area (Å²) in [4.78, 5) is 22.9. The number of carbonyl (C=O) groups excluding carboxylic acids is 1. The molecule has 1 aliphatic rings. The van der Waals surface area contributed by atoms with E-state index in [2.05, 4.69) is 0 Å². The van der Waals surface area contributed by atoms with E-state index in [1.165, 1.54) is 36.4 Å². The molecule has 0 spiro atoms. The molecule has 3 rings (SSSR count). The van der Waals surface area contributed by atoms with E-state index in [-0.39, 0.29) is 29.4 Å². The molecule has 0 bridgehead atoms. The van der Waals surface area contributed by atoms with Crippen LogP contribution in [0.1, 0.15) is 21.5 Å². The fraction of sp³-hybridized carbons (Fsp3) is 0.0625. The van der Waals surface area contributed by atoms with Crippen LogP contribution in [0.4, 0.5) is 5.69 Å². The molecule has 0 aliphatic heterocycles. The molecule has 2 aromatic carbocycles. The number of nitro benzene ring substituents is 1. The molecule has 0 radical (unpaired) electrons. The number of hydrogen-bond acceptors (Lipinski definition) is 5. The van der Waals surface area contributed by atoms with E-state index in [9.17, 15) is 25.1 Å². The molecule has 2 N–H and O–H groups in total. The summed E-state index contributed by atoms with van der Waals surface area (Å²) < 4.78 is 0. The van der Waals surface area contributed by atoms with Crippen LogP contribution in [0.3, 0.4) is 0 Å². The molecule has 0 amide bonds. The molecular weight excluding hydrogens is 286 g/mol. The first-order chi connectivity index (χ1) is 10.5. The molecule has 0 atom stereocenters. The quantitative estimate of drug-likeness (QED) is 0.504. The van der Waals surface area contributed by atoms with E-state index < -0.39 is 4.92 Å². The number of hydrogen-bond donors (Lipinski definition) is 2. The minimum atomic E-state index is -0.507. The van der Waals surface area contributed by atoms with Gasteiger partial charge in [-0.2, -0.15) is 0 Å². The normalized spacial score (nSPS) is 15.1. The first-order valence-electron chi connectivity index (χ1n) is 6.51. The average Bonchev–Trinajstić information content (AvgIpc) is 2.78. The van der Waals surface area contributed by atoms with Crippen LogP contribution in [0.15, 0.2) is 42.0 Å². The third kappa shape index (κ3) is 2.20. The lowest BCUT2D eigenvalue weighted by molar-refractivity contribution is -0.385. The maximum absolute atomic E-state index is 12.3. The summed E-state index contributed by atoms with van der Waals surface area (Å²) >= 11 is 0. The van der Waals surface area contributed by atoms with Gasteiger partial charge in [-0.3, -0.25) is 14.9 Å². The van der Waals surface area contributed by atoms with Gasteiger partial charge in [-0.15, -0.1) is 0 Å². The molecule has 110 valence electrons. The lowest BCUT2D eigenvalue weighted by atomic mass is 10.1. The Balaban J connectivity index is 2.05. The van der Waals surface area contributed by atoms with Crippen LogP contribution in [-0.2, 0) is 6.42 Å². The van der Waals surface area contributed by atoms with Crippen molar-refractivity contribution in [3.05, 3.63) is 68.8 Å². The second kappa shape index (κ2) is 5.00. The minimum absolute atomic E-state index is 0.0795. The SMILES string of the molecule is O=C1/C(=C/c2ccc(O)cc2O)Cc2c1cccc2[N+](=O)[O-]. The van der Waals surface area contributed by atoms with Gasteiger partial charge in [0, 0.05) is 40.8 Å². The van der Waals surface area contributed by atoms with Crippen molar-refractivity contribution in [3.8, 4) is 11.5 Å². The topological polar surface area (TPSA) is 101 Å². The van der Waals surface area contributed by atoms with Crippen LogP contribution in [-0.4, -0.2) is 20.9 Å². The number of phenols is 2. The summed E-state index contributed by atoms with van der Waals surface area (Å²) in [5.41, 5.74) is 1.37. The highest BCUT2D eigenvalue weighted by atomic mass is 16.6. The van der Waals surface area contributed by atoms with Crippen LogP contribution in [0.2, 0.25) is 0 Å².